The number of nitrogens with two attached hydrogens (primary N) is 2. The molecule has 6 nitrogen and oxygen atoms in total. The molecule has 21 heavy (non-hydrogen) atoms. The van der Waals surface area contributed by atoms with E-state index < -0.39 is 0 Å². The van der Waals surface area contributed by atoms with E-state index in [-0.39, 0.29) is 11.9 Å². The van der Waals surface area contributed by atoms with Crippen LogP contribution in [0.2, 0.25) is 10.0 Å². The van der Waals surface area contributed by atoms with Gasteiger partial charge in [-0.3, -0.25) is 4.79 Å². The largest absolute Gasteiger partial charge is 0.383 e. The summed E-state index contributed by atoms with van der Waals surface area (Å²) in [6.45, 7) is 0.686. The molecule has 0 atom stereocenters. The highest BCUT2D eigenvalue weighted by atomic mass is 35.5. The summed E-state index contributed by atoms with van der Waals surface area (Å²) in [5.41, 5.74) is 13.2. The van der Waals surface area contributed by atoms with Crippen molar-refractivity contribution in [2.24, 2.45) is 0 Å². The number of nitrogens with zero attached hydrogens (tertiary/aromatic N) is 3. The Kier molecular flexibility index (Phi) is 3.35. The van der Waals surface area contributed by atoms with E-state index in [0.717, 1.165) is 5.56 Å². The summed E-state index contributed by atoms with van der Waals surface area (Å²) in [5.74, 6) is 0.238. The minimum Gasteiger partial charge on any atom is -0.383 e. The van der Waals surface area contributed by atoms with Crippen LogP contribution in [-0.2, 0) is 13.1 Å². The molecule has 0 unspecified atom stereocenters. The van der Waals surface area contributed by atoms with Gasteiger partial charge in [0, 0.05) is 11.1 Å². The summed E-state index contributed by atoms with van der Waals surface area (Å²) in [5, 5.41) is 0.739. The maximum absolute atomic E-state index is 12.5. The van der Waals surface area contributed by atoms with Crippen LogP contribution in [0.25, 0.3) is 0 Å². The number of nitrogen functional groups attached to an aromatic ring is 2. The quantitative estimate of drug-likeness (QED) is 0.837. The van der Waals surface area contributed by atoms with E-state index in [2.05, 4.69) is 9.97 Å². The van der Waals surface area contributed by atoms with Gasteiger partial charge in [-0.2, -0.15) is 4.98 Å². The fraction of sp³-hybridized carbons (Fsp3) is 0.154. The van der Waals surface area contributed by atoms with Crippen molar-refractivity contribution >= 4 is 40.9 Å². The Morgan fingerprint density at radius 1 is 1.14 bits per heavy atom. The molecule has 8 heteroatoms. The maximum Gasteiger partial charge on any atom is 0.254 e. The Hall–Kier alpha value is -2.05. The van der Waals surface area contributed by atoms with Gasteiger partial charge in [0.05, 0.1) is 28.8 Å². The summed E-state index contributed by atoms with van der Waals surface area (Å²) in [6, 6.07) is 4.76. The van der Waals surface area contributed by atoms with Crippen LogP contribution < -0.4 is 11.5 Å². The zero-order chi connectivity index (χ0) is 15.1. The van der Waals surface area contributed by atoms with Gasteiger partial charge in [0.15, 0.2) is 0 Å². The van der Waals surface area contributed by atoms with Crippen LogP contribution in [0.4, 0.5) is 11.8 Å². The van der Waals surface area contributed by atoms with Gasteiger partial charge in [-0.05, 0) is 18.2 Å². The standard InChI is InChI=1S/C13H11Cl2N5O/c14-8-2-1-6(3-9(8)15)12(21)20-4-7-10(5-20)18-13(17)19-11(7)16/h1-3H,4-5H2,(H4,16,17,18,19). The van der Waals surface area contributed by atoms with Gasteiger partial charge >= 0.3 is 0 Å². The minimum absolute atomic E-state index is 0.107. The van der Waals surface area contributed by atoms with Crippen molar-refractivity contribution in [1.82, 2.24) is 14.9 Å². The highest BCUT2D eigenvalue weighted by Crippen LogP contribution is 2.28. The molecule has 1 aliphatic rings. The fourth-order valence-electron chi connectivity index (χ4n) is 2.26. The molecule has 2 aromatic rings. The molecule has 2 heterocycles. The van der Waals surface area contributed by atoms with Crippen molar-refractivity contribution in [3.8, 4) is 0 Å². The average molecular weight is 324 g/mol. The number of benzene rings is 1. The summed E-state index contributed by atoms with van der Waals surface area (Å²) in [6.07, 6.45) is 0. The second kappa shape index (κ2) is 5.05. The maximum atomic E-state index is 12.5. The molecule has 0 bridgehead atoms. The number of carbonyl (C=O) groups excluding carboxylic acids is 1. The number of aromatic nitrogens is 2. The normalized spacial score (nSPS) is 13.3. The molecule has 1 aromatic carbocycles. The molecule has 0 radical (unpaired) electrons. The fourth-order valence-corrected chi connectivity index (χ4v) is 2.55. The third-order valence-corrected chi connectivity index (χ3v) is 4.02. The second-order valence-electron chi connectivity index (χ2n) is 4.68. The number of hydrogen-bond acceptors (Lipinski definition) is 5. The number of halogens is 2. The van der Waals surface area contributed by atoms with Gasteiger partial charge in [-0.25, -0.2) is 4.98 Å². The highest BCUT2D eigenvalue weighted by molar-refractivity contribution is 6.42. The Morgan fingerprint density at radius 2 is 1.90 bits per heavy atom. The van der Waals surface area contributed by atoms with Crippen LogP contribution in [0.15, 0.2) is 18.2 Å². The van der Waals surface area contributed by atoms with Gasteiger partial charge in [-0.15, -0.1) is 0 Å². The smallest absolute Gasteiger partial charge is 0.254 e. The van der Waals surface area contributed by atoms with Crippen LogP contribution in [0.5, 0.6) is 0 Å². The number of fused-ring (bicyclic) bond motifs is 1. The zero-order valence-electron chi connectivity index (χ0n) is 10.8. The van der Waals surface area contributed by atoms with E-state index in [9.17, 15) is 4.79 Å². The van der Waals surface area contributed by atoms with E-state index in [1.165, 1.54) is 0 Å². The summed E-state index contributed by atoms with van der Waals surface area (Å²) in [4.78, 5) is 22.1. The molecular formula is C13H11Cl2N5O. The molecule has 0 fully saturated rings. The summed E-state index contributed by atoms with van der Waals surface area (Å²) >= 11 is 11.8. The molecule has 0 spiro atoms. The Bertz CT molecular complexity index is 750. The van der Waals surface area contributed by atoms with E-state index in [1.54, 1.807) is 23.1 Å². The third-order valence-electron chi connectivity index (χ3n) is 3.29. The predicted molar refractivity (Wildman–Crippen MR) is 80.9 cm³/mol. The van der Waals surface area contributed by atoms with Gasteiger partial charge in [0.1, 0.15) is 5.82 Å². The third kappa shape index (κ3) is 2.48. The molecule has 4 N–H and O–H groups in total. The number of rotatable bonds is 1. The van der Waals surface area contributed by atoms with Gasteiger partial charge in [0.25, 0.3) is 5.91 Å². The molecule has 1 aromatic heterocycles. The van der Waals surface area contributed by atoms with Crippen LogP contribution in [-0.4, -0.2) is 20.8 Å². The number of amides is 1. The molecule has 108 valence electrons. The highest BCUT2D eigenvalue weighted by Gasteiger charge is 2.28. The Morgan fingerprint density at radius 3 is 2.62 bits per heavy atom. The minimum atomic E-state index is -0.176. The van der Waals surface area contributed by atoms with Crippen LogP contribution >= 0.6 is 23.2 Å². The van der Waals surface area contributed by atoms with Gasteiger partial charge < -0.3 is 16.4 Å². The number of carbonyl (C=O) groups is 1. The zero-order valence-corrected chi connectivity index (χ0v) is 12.3. The molecule has 0 aliphatic carbocycles. The van der Waals surface area contributed by atoms with Gasteiger partial charge in [-0.1, -0.05) is 23.2 Å². The van der Waals surface area contributed by atoms with E-state index in [1.807, 2.05) is 0 Å². The SMILES string of the molecule is Nc1nc(N)c2c(n1)CN(C(=O)c1ccc(Cl)c(Cl)c1)C2. The summed E-state index contributed by atoms with van der Waals surface area (Å²) in [7, 11) is 0. The molecule has 0 saturated heterocycles. The van der Waals surface area contributed by atoms with Crippen LogP contribution in [0, 0.1) is 0 Å². The monoisotopic (exact) mass is 323 g/mol. The molecule has 0 saturated carbocycles. The second-order valence-corrected chi connectivity index (χ2v) is 5.50. The molecule has 1 amide bonds. The molecule has 1 aliphatic heterocycles. The lowest BCUT2D eigenvalue weighted by atomic mass is 10.2. The average Bonchev–Trinajstić information content (AvgIpc) is 2.85. The predicted octanol–water partition coefficient (Wildman–Crippen LogP) is 2.10. The lowest BCUT2D eigenvalue weighted by Crippen LogP contribution is -2.25. The van der Waals surface area contributed by atoms with Crippen molar-refractivity contribution in [3.05, 3.63) is 45.1 Å². The first-order chi connectivity index (χ1) is 9.95. The lowest BCUT2D eigenvalue weighted by Gasteiger charge is -2.15. The van der Waals surface area contributed by atoms with E-state index in [0.29, 0.717) is 40.2 Å². The first-order valence-corrected chi connectivity index (χ1v) is 6.86. The summed E-state index contributed by atoms with van der Waals surface area (Å²) < 4.78 is 0. The Labute approximate surface area is 130 Å². The van der Waals surface area contributed by atoms with Crippen molar-refractivity contribution < 1.29 is 4.79 Å². The number of hydrogen-bond donors (Lipinski definition) is 2. The van der Waals surface area contributed by atoms with Crippen LogP contribution in [0.3, 0.4) is 0 Å². The Balaban J connectivity index is 1.88. The molecule has 3 rings (SSSR count). The van der Waals surface area contributed by atoms with E-state index >= 15 is 0 Å². The van der Waals surface area contributed by atoms with Crippen molar-refractivity contribution in [3.63, 3.8) is 0 Å². The molecular weight excluding hydrogens is 313 g/mol. The topological polar surface area (TPSA) is 98.1 Å². The van der Waals surface area contributed by atoms with Gasteiger partial charge in [0.2, 0.25) is 5.95 Å². The van der Waals surface area contributed by atoms with Crippen LogP contribution in [0.1, 0.15) is 21.6 Å². The van der Waals surface area contributed by atoms with Crippen molar-refractivity contribution in [2.75, 3.05) is 11.5 Å². The first-order valence-electron chi connectivity index (χ1n) is 6.11. The first kappa shape index (κ1) is 13.9. The lowest BCUT2D eigenvalue weighted by molar-refractivity contribution is 0.0750. The van der Waals surface area contributed by atoms with Crippen molar-refractivity contribution in [2.45, 2.75) is 13.1 Å². The van der Waals surface area contributed by atoms with E-state index in [4.69, 9.17) is 34.7 Å². The number of anilines is 2. The van der Waals surface area contributed by atoms with Crippen molar-refractivity contribution in [1.29, 1.82) is 0 Å².